The number of piperidine rings is 1. The number of nitriles is 1. The van der Waals surface area contributed by atoms with Crippen molar-refractivity contribution in [1.29, 1.82) is 5.26 Å². The van der Waals surface area contributed by atoms with E-state index in [9.17, 15) is 14.9 Å². The molecule has 9 heteroatoms. The van der Waals surface area contributed by atoms with Crippen LogP contribution in [0.2, 0.25) is 0 Å². The molecule has 158 valence electrons. The van der Waals surface area contributed by atoms with E-state index in [2.05, 4.69) is 16.0 Å². The number of nitrogens with one attached hydrogen (secondary N) is 1. The van der Waals surface area contributed by atoms with E-state index in [-0.39, 0.29) is 5.56 Å². The Labute approximate surface area is 182 Å². The summed E-state index contributed by atoms with van der Waals surface area (Å²) >= 11 is 1.54. The highest BCUT2D eigenvalue weighted by Gasteiger charge is 2.30. The maximum absolute atomic E-state index is 13.1. The van der Waals surface area contributed by atoms with Crippen LogP contribution < -0.4 is 9.47 Å². The van der Waals surface area contributed by atoms with Crippen LogP contribution in [0.1, 0.15) is 28.8 Å². The van der Waals surface area contributed by atoms with Crippen molar-refractivity contribution in [3.63, 3.8) is 0 Å². The van der Waals surface area contributed by atoms with E-state index >= 15 is 0 Å². The molecule has 0 aromatic carbocycles. The first-order valence-corrected chi connectivity index (χ1v) is 10.6. The number of methoxy groups -OCH3 is 2. The molecule has 31 heavy (non-hydrogen) atoms. The first-order valence-electron chi connectivity index (χ1n) is 9.65. The van der Waals surface area contributed by atoms with Gasteiger partial charge in [-0.25, -0.2) is 4.98 Å². The summed E-state index contributed by atoms with van der Waals surface area (Å²) in [7, 11) is 2.96. The van der Waals surface area contributed by atoms with Gasteiger partial charge in [0.2, 0.25) is 5.88 Å². The maximum Gasteiger partial charge on any atom is 0.295 e. The number of hydrogen-bond donors (Lipinski definition) is 1. The molecule has 0 spiro atoms. The van der Waals surface area contributed by atoms with Crippen LogP contribution in [-0.4, -0.2) is 53.9 Å². The Morgan fingerprint density at radius 1 is 1.26 bits per heavy atom. The summed E-state index contributed by atoms with van der Waals surface area (Å²) in [6, 6.07) is 4.21. The van der Waals surface area contributed by atoms with Gasteiger partial charge in [-0.1, -0.05) is 0 Å². The number of likely N-dealkylation sites (tertiary alicyclic amines) is 1. The van der Waals surface area contributed by atoms with E-state index in [1.54, 1.807) is 11.3 Å². The van der Waals surface area contributed by atoms with Crippen LogP contribution in [0.15, 0.2) is 34.8 Å². The highest BCUT2D eigenvalue weighted by molar-refractivity contribution is 7.08. The molecule has 1 saturated heterocycles. The lowest BCUT2D eigenvalue weighted by Gasteiger charge is -2.28. The average Bonchev–Trinajstić information content (AvgIpc) is 3.49. The van der Waals surface area contributed by atoms with Gasteiger partial charge in [-0.2, -0.15) is 16.6 Å². The van der Waals surface area contributed by atoms with Gasteiger partial charge < -0.3 is 19.4 Å². The van der Waals surface area contributed by atoms with E-state index in [1.165, 1.54) is 31.5 Å². The number of thiophene rings is 1. The Kier molecular flexibility index (Phi) is 5.73. The highest BCUT2D eigenvalue weighted by atomic mass is 32.1. The van der Waals surface area contributed by atoms with Crippen LogP contribution in [0, 0.1) is 11.3 Å². The number of nitrogens with zero attached hydrogens (tertiary/aromatic N) is 3. The summed E-state index contributed by atoms with van der Waals surface area (Å²) in [6.07, 6.45) is 4.07. The van der Waals surface area contributed by atoms with Gasteiger partial charge in [0.1, 0.15) is 11.3 Å². The van der Waals surface area contributed by atoms with Crippen LogP contribution in [-0.2, 0) is 4.79 Å². The summed E-state index contributed by atoms with van der Waals surface area (Å²) in [5, 5.41) is 13.9. The molecule has 1 amide bonds. The number of amides is 1. The van der Waals surface area contributed by atoms with Gasteiger partial charge in [-0.15, -0.1) is 0 Å². The third-order valence-corrected chi connectivity index (χ3v) is 6.10. The molecule has 0 radical (unpaired) electrons. The number of fused-ring (bicyclic) bond motifs is 1. The van der Waals surface area contributed by atoms with Gasteiger partial charge in [0, 0.05) is 24.8 Å². The molecule has 3 aromatic heterocycles. The summed E-state index contributed by atoms with van der Waals surface area (Å²) in [5.41, 5.74) is 3.31. The highest BCUT2D eigenvalue weighted by Crippen LogP contribution is 2.34. The molecule has 8 nitrogen and oxygen atoms in total. The molecule has 1 aliphatic rings. The van der Waals surface area contributed by atoms with Crippen molar-refractivity contribution in [2.45, 2.75) is 12.8 Å². The van der Waals surface area contributed by atoms with E-state index in [0.717, 1.165) is 11.1 Å². The monoisotopic (exact) mass is 436 g/mol. The van der Waals surface area contributed by atoms with E-state index in [4.69, 9.17) is 9.47 Å². The lowest BCUT2D eigenvalue weighted by molar-refractivity contribution is -0.126. The fourth-order valence-electron chi connectivity index (χ4n) is 3.83. The lowest BCUT2D eigenvalue weighted by Crippen LogP contribution is -2.40. The van der Waals surface area contributed by atoms with Crippen LogP contribution in [0.5, 0.6) is 11.6 Å². The number of rotatable bonds is 5. The Morgan fingerprint density at radius 3 is 2.65 bits per heavy atom. The molecule has 4 heterocycles. The zero-order valence-electron chi connectivity index (χ0n) is 17.1. The van der Waals surface area contributed by atoms with E-state index < -0.39 is 11.7 Å². The Bertz CT molecular complexity index is 1210. The quantitative estimate of drug-likeness (QED) is 0.373. The third kappa shape index (κ3) is 3.66. The Hall–Kier alpha value is -3.64. The zero-order valence-corrected chi connectivity index (χ0v) is 17.9. The van der Waals surface area contributed by atoms with Gasteiger partial charge in [0.15, 0.2) is 0 Å². The Balaban J connectivity index is 1.57. The van der Waals surface area contributed by atoms with Crippen LogP contribution >= 0.6 is 11.3 Å². The minimum Gasteiger partial charge on any atom is -0.494 e. The molecular weight excluding hydrogens is 416 g/mol. The van der Waals surface area contributed by atoms with Crippen molar-refractivity contribution in [2.75, 3.05) is 27.3 Å². The second-order valence-corrected chi connectivity index (χ2v) is 7.79. The number of carbonyl (C=O) groups excluding carboxylic acids is 2. The number of allylic oxidation sites excluding steroid dienone is 1. The maximum atomic E-state index is 13.1. The predicted octanol–water partition coefficient (Wildman–Crippen LogP) is 3.42. The Morgan fingerprint density at radius 2 is 2.03 bits per heavy atom. The van der Waals surface area contributed by atoms with Crippen molar-refractivity contribution >= 4 is 39.5 Å². The van der Waals surface area contributed by atoms with Gasteiger partial charge in [0.25, 0.3) is 11.7 Å². The first kappa shape index (κ1) is 20.6. The van der Waals surface area contributed by atoms with Crippen LogP contribution in [0.3, 0.4) is 0 Å². The van der Waals surface area contributed by atoms with Crippen LogP contribution in [0.25, 0.3) is 16.5 Å². The van der Waals surface area contributed by atoms with Gasteiger partial charge in [0.05, 0.1) is 43.0 Å². The number of aromatic amines is 1. The van der Waals surface area contributed by atoms with E-state index in [0.29, 0.717) is 54.0 Å². The summed E-state index contributed by atoms with van der Waals surface area (Å²) in [6.45, 7) is 0.777. The van der Waals surface area contributed by atoms with Crippen molar-refractivity contribution in [1.82, 2.24) is 14.9 Å². The van der Waals surface area contributed by atoms with E-state index in [1.807, 2.05) is 16.8 Å². The fourth-order valence-corrected chi connectivity index (χ4v) is 4.47. The number of ether oxygens (including phenoxy) is 2. The van der Waals surface area contributed by atoms with Gasteiger partial charge in [-0.3, -0.25) is 9.59 Å². The molecule has 0 bridgehead atoms. The molecule has 0 saturated carbocycles. The number of hydrogen-bond acceptors (Lipinski definition) is 7. The second-order valence-electron chi connectivity index (χ2n) is 7.01. The molecule has 0 aliphatic carbocycles. The fraction of sp³-hybridized carbons (Fsp3) is 0.273. The molecule has 1 N–H and O–H groups in total. The summed E-state index contributed by atoms with van der Waals surface area (Å²) in [5.74, 6) is -0.505. The SMILES string of the molecule is COc1ncc(OC)c2c(C(=O)C(=O)N3CCC(=C(C#N)c4ccsc4)CC3)c[nH]c12. The zero-order chi connectivity index (χ0) is 22.0. The number of Topliss-reactive ketones (excluding diaryl/α,β-unsaturated/α-hetero) is 1. The van der Waals surface area contributed by atoms with Gasteiger partial charge >= 0.3 is 0 Å². The smallest absolute Gasteiger partial charge is 0.295 e. The number of ketones is 1. The first-order chi connectivity index (χ1) is 15.1. The summed E-state index contributed by atoms with van der Waals surface area (Å²) < 4.78 is 10.6. The van der Waals surface area contributed by atoms with Crippen molar-refractivity contribution in [2.24, 2.45) is 0 Å². The summed E-state index contributed by atoms with van der Waals surface area (Å²) in [4.78, 5) is 34.7. The average molecular weight is 436 g/mol. The predicted molar refractivity (Wildman–Crippen MR) is 116 cm³/mol. The molecule has 1 fully saturated rings. The molecule has 0 atom stereocenters. The van der Waals surface area contributed by atoms with Crippen molar-refractivity contribution in [3.8, 4) is 17.7 Å². The topological polar surface area (TPSA) is 108 Å². The van der Waals surface area contributed by atoms with Crippen molar-refractivity contribution < 1.29 is 19.1 Å². The second kappa shape index (κ2) is 8.62. The third-order valence-electron chi connectivity index (χ3n) is 5.42. The number of pyridine rings is 1. The minimum absolute atomic E-state index is 0.217. The minimum atomic E-state index is -0.622. The molecular formula is C22H20N4O4S. The molecule has 1 aliphatic heterocycles. The standard InChI is InChI=1S/C22H20N4O4S/c1-29-17-11-25-21(30-2)19-18(17)16(10-24-19)20(27)22(28)26-6-3-13(4-7-26)15(9-23)14-5-8-31-12-14/h5,8,10-12,24H,3-4,6-7H2,1-2H3. The number of aromatic nitrogens is 2. The number of carbonyl (C=O) groups is 2. The molecule has 4 rings (SSSR count). The number of H-pyrrole nitrogens is 1. The largest absolute Gasteiger partial charge is 0.494 e. The lowest BCUT2D eigenvalue weighted by atomic mass is 9.95. The molecule has 3 aromatic rings. The normalized spacial score (nSPS) is 13.7. The van der Waals surface area contributed by atoms with Crippen LogP contribution in [0.4, 0.5) is 0 Å². The molecule has 0 unspecified atom stereocenters. The van der Waals surface area contributed by atoms with Gasteiger partial charge in [-0.05, 0) is 35.2 Å². The van der Waals surface area contributed by atoms with Crippen molar-refractivity contribution in [3.05, 3.63) is 45.9 Å².